The molecule has 2 N–H and O–H groups in total. The number of ether oxygens (including phenoxy) is 1. The molecule has 0 aliphatic carbocycles. The lowest BCUT2D eigenvalue weighted by atomic mass is 10.3. The van der Waals surface area contributed by atoms with Crippen molar-refractivity contribution in [3.8, 4) is 5.75 Å². The fraction of sp³-hybridized carbons (Fsp3) is 0.333. The number of nitrogens with zero attached hydrogens (tertiary/aromatic N) is 3. The molecule has 2 heterocycles. The standard InChI is InChI=1S/C18H22N4O/c1-3-5-17-21-16-10-13(2)12-20-18(16)22(17)8-9-23-15-7-4-6-14(19)11-15/h4,6-7,10-12H,3,5,8-9,19H2,1-2H3. The van der Waals surface area contributed by atoms with Gasteiger partial charge < -0.3 is 15.0 Å². The molecule has 0 saturated heterocycles. The molecule has 0 saturated carbocycles. The molecule has 0 atom stereocenters. The molecule has 0 aliphatic rings. The van der Waals surface area contributed by atoms with Gasteiger partial charge in [-0.25, -0.2) is 9.97 Å². The van der Waals surface area contributed by atoms with Gasteiger partial charge in [0.2, 0.25) is 0 Å². The van der Waals surface area contributed by atoms with Crippen LogP contribution in [0.5, 0.6) is 5.75 Å². The number of aryl methyl sites for hydroxylation is 2. The summed E-state index contributed by atoms with van der Waals surface area (Å²) in [5.74, 6) is 1.85. The maximum atomic E-state index is 5.81. The number of nitrogens with two attached hydrogens (primary N) is 1. The van der Waals surface area contributed by atoms with E-state index >= 15 is 0 Å². The Morgan fingerprint density at radius 2 is 2.13 bits per heavy atom. The van der Waals surface area contributed by atoms with Crippen molar-refractivity contribution in [1.82, 2.24) is 14.5 Å². The number of nitrogen functional groups attached to an aromatic ring is 1. The summed E-state index contributed by atoms with van der Waals surface area (Å²) in [7, 11) is 0. The zero-order valence-electron chi connectivity index (χ0n) is 13.6. The van der Waals surface area contributed by atoms with Gasteiger partial charge in [-0.15, -0.1) is 0 Å². The zero-order valence-corrected chi connectivity index (χ0v) is 13.6. The molecule has 2 aromatic heterocycles. The fourth-order valence-electron chi connectivity index (χ4n) is 2.67. The van der Waals surface area contributed by atoms with Crippen molar-refractivity contribution < 1.29 is 4.74 Å². The molecule has 5 nitrogen and oxygen atoms in total. The molecule has 0 unspecified atom stereocenters. The predicted molar refractivity (Wildman–Crippen MR) is 92.6 cm³/mol. The topological polar surface area (TPSA) is 66.0 Å². The number of anilines is 1. The minimum absolute atomic E-state index is 0.557. The van der Waals surface area contributed by atoms with Gasteiger partial charge in [0.05, 0.1) is 6.54 Å². The molecule has 0 radical (unpaired) electrons. The predicted octanol–water partition coefficient (Wildman–Crippen LogP) is 3.35. The van der Waals surface area contributed by atoms with E-state index in [0.717, 1.165) is 47.7 Å². The van der Waals surface area contributed by atoms with Crippen LogP contribution in [0.4, 0.5) is 5.69 Å². The molecule has 0 fully saturated rings. The molecule has 0 spiro atoms. The van der Waals surface area contributed by atoms with Crippen LogP contribution in [0.2, 0.25) is 0 Å². The summed E-state index contributed by atoms with van der Waals surface area (Å²) in [4.78, 5) is 9.28. The average Bonchev–Trinajstić information content (AvgIpc) is 2.85. The molecule has 1 aromatic carbocycles. The lowest BCUT2D eigenvalue weighted by molar-refractivity contribution is 0.298. The molecule has 120 valence electrons. The first kappa shape index (κ1) is 15.3. The van der Waals surface area contributed by atoms with Crippen LogP contribution in [-0.2, 0) is 13.0 Å². The SMILES string of the molecule is CCCc1nc2cc(C)cnc2n1CCOc1cccc(N)c1. The van der Waals surface area contributed by atoms with Crippen molar-refractivity contribution in [2.24, 2.45) is 0 Å². The Kier molecular flexibility index (Phi) is 4.46. The lowest BCUT2D eigenvalue weighted by Gasteiger charge is -2.10. The highest BCUT2D eigenvalue weighted by atomic mass is 16.5. The average molecular weight is 310 g/mol. The summed E-state index contributed by atoms with van der Waals surface area (Å²) in [6, 6.07) is 9.57. The highest BCUT2D eigenvalue weighted by molar-refractivity contribution is 5.72. The van der Waals surface area contributed by atoms with Gasteiger partial charge in [-0.1, -0.05) is 13.0 Å². The first-order valence-corrected chi connectivity index (χ1v) is 7.97. The van der Waals surface area contributed by atoms with Gasteiger partial charge in [0, 0.05) is 24.4 Å². The maximum Gasteiger partial charge on any atom is 0.160 e. The van der Waals surface area contributed by atoms with Crippen LogP contribution in [0.25, 0.3) is 11.2 Å². The Hall–Kier alpha value is -2.56. The van der Waals surface area contributed by atoms with E-state index in [1.165, 1.54) is 0 Å². The van der Waals surface area contributed by atoms with E-state index in [0.29, 0.717) is 12.3 Å². The molecule has 3 aromatic rings. The van der Waals surface area contributed by atoms with E-state index in [2.05, 4.69) is 22.5 Å². The van der Waals surface area contributed by atoms with Crippen molar-refractivity contribution in [1.29, 1.82) is 0 Å². The zero-order chi connectivity index (χ0) is 16.2. The monoisotopic (exact) mass is 310 g/mol. The van der Waals surface area contributed by atoms with Crippen LogP contribution in [0, 0.1) is 6.92 Å². The van der Waals surface area contributed by atoms with Gasteiger partial charge in [0.15, 0.2) is 5.65 Å². The smallest absolute Gasteiger partial charge is 0.160 e. The molecule has 0 bridgehead atoms. The molecule has 0 amide bonds. The molecule has 0 aliphatic heterocycles. The first-order chi connectivity index (χ1) is 11.2. The summed E-state index contributed by atoms with van der Waals surface area (Å²) in [6.07, 6.45) is 3.88. The largest absolute Gasteiger partial charge is 0.492 e. The summed E-state index contributed by atoms with van der Waals surface area (Å²) in [5.41, 5.74) is 9.49. The number of rotatable bonds is 6. The Morgan fingerprint density at radius 3 is 2.91 bits per heavy atom. The summed E-state index contributed by atoms with van der Waals surface area (Å²) >= 11 is 0. The number of benzene rings is 1. The molecule has 3 rings (SSSR count). The third kappa shape index (κ3) is 3.44. The third-order valence-corrected chi connectivity index (χ3v) is 3.72. The van der Waals surface area contributed by atoms with Crippen molar-refractivity contribution >= 4 is 16.9 Å². The Labute approximate surface area is 136 Å². The normalized spacial score (nSPS) is 11.0. The number of fused-ring (bicyclic) bond motifs is 1. The first-order valence-electron chi connectivity index (χ1n) is 7.97. The second-order valence-corrected chi connectivity index (χ2v) is 5.71. The second kappa shape index (κ2) is 6.69. The minimum atomic E-state index is 0.557. The summed E-state index contributed by atoms with van der Waals surface area (Å²) in [6.45, 7) is 5.47. The third-order valence-electron chi connectivity index (χ3n) is 3.72. The van der Waals surface area contributed by atoms with Crippen LogP contribution in [0.3, 0.4) is 0 Å². The minimum Gasteiger partial charge on any atom is -0.492 e. The second-order valence-electron chi connectivity index (χ2n) is 5.71. The van der Waals surface area contributed by atoms with Crippen molar-refractivity contribution in [3.63, 3.8) is 0 Å². The summed E-state index contributed by atoms with van der Waals surface area (Å²) < 4.78 is 7.97. The Bertz CT molecular complexity index is 810. The van der Waals surface area contributed by atoms with E-state index in [-0.39, 0.29) is 0 Å². The number of imidazole rings is 1. The van der Waals surface area contributed by atoms with Crippen LogP contribution in [-0.4, -0.2) is 21.1 Å². The van der Waals surface area contributed by atoms with Crippen molar-refractivity contribution in [2.75, 3.05) is 12.3 Å². The van der Waals surface area contributed by atoms with Crippen LogP contribution in [0.15, 0.2) is 36.5 Å². The van der Waals surface area contributed by atoms with E-state index in [1.807, 2.05) is 37.4 Å². The Morgan fingerprint density at radius 1 is 1.26 bits per heavy atom. The maximum absolute atomic E-state index is 5.81. The number of hydrogen-bond donors (Lipinski definition) is 1. The number of aromatic nitrogens is 3. The van der Waals surface area contributed by atoms with Crippen molar-refractivity contribution in [2.45, 2.75) is 33.2 Å². The highest BCUT2D eigenvalue weighted by Crippen LogP contribution is 2.18. The van der Waals surface area contributed by atoms with Crippen molar-refractivity contribution in [3.05, 3.63) is 47.9 Å². The van der Waals surface area contributed by atoms with Gasteiger partial charge in [-0.3, -0.25) is 0 Å². The molecular weight excluding hydrogens is 288 g/mol. The van der Waals surface area contributed by atoms with Gasteiger partial charge in [-0.05, 0) is 37.1 Å². The van der Waals surface area contributed by atoms with Crippen LogP contribution < -0.4 is 10.5 Å². The van der Waals surface area contributed by atoms with E-state index < -0.39 is 0 Å². The molecule has 23 heavy (non-hydrogen) atoms. The summed E-state index contributed by atoms with van der Waals surface area (Å²) in [5, 5.41) is 0. The van der Waals surface area contributed by atoms with Crippen LogP contribution in [0.1, 0.15) is 24.7 Å². The van der Waals surface area contributed by atoms with Gasteiger partial charge in [0.25, 0.3) is 0 Å². The quantitative estimate of drug-likeness (QED) is 0.709. The van der Waals surface area contributed by atoms with Gasteiger partial charge in [-0.2, -0.15) is 0 Å². The molecular formula is C18H22N4O. The van der Waals surface area contributed by atoms with E-state index in [9.17, 15) is 0 Å². The fourth-order valence-corrected chi connectivity index (χ4v) is 2.67. The Balaban J connectivity index is 1.79. The molecule has 5 heteroatoms. The van der Waals surface area contributed by atoms with E-state index in [1.54, 1.807) is 0 Å². The number of pyridine rings is 1. The number of hydrogen-bond acceptors (Lipinski definition) is 4. The lowest BCUT2D eigenvalue weighted by Crippen LogP contribution is -2.11. The van der Waals surface area contributed by atoms with Gasteiger partial charge >= 0.3 is 0 Å². The van der Waals surface area contributed by atoms with Crippen LogP contribution >= 0.6 is 0 Å². The highest BCUT2D eigenvalue weighted by Gasteiger charge is 2.11. The van der Waals surface area contributed by atoms with Gasteiger partial charge in [0.1, 0.15) is 23.7 Å². The van der Waals surface area contributed by atoms with E-state index in [4.69, 9.17) is 15.5 Å².